The Bertz CT molecular complexity index is 772. The SMILES string of the molecule is COc1c(Oc2ccc(C(F)(F)F)nc2)ccc2c1OCCC2=O. The zero-order chi connectivity index (χ0) is 17.3. The van der Waals surface area contributed by atoms with Gasteiger partial charge in [0.25, 0.3) is 0 Å². The molecule has 2 aromatic rings. The monoisotopic (exact) mass is 339 g/mol. The van der Waals surface area contributed by atoms with Crippen molar-refractivity contribution < 1.29 is 32.2 Å². The highest BCUT2D eigenvalue weighted by Crippen LogP contribution is 2.43. The van der Waals surface area contributed by atoms with Crippen molar-refractivity contribution in [3.05, 3.63) is 41.7 Å². The van der Waals surface area contributed by atoms with Gasteiger partial charge in [0.1, 0.15) is 11.4 Å². The van der Waals surface area contributed by atoms with Crippen molar-refractivity contribution in [1.29, 1.82) is 0 Å². The summed E-state index contributed by atoms with van der Waals surface area (Å²) < 4.78 is 53.8. The number of methoxy groups -OCH3 is 1. The smallest absolute Gasteiger partial charge is 0.433 e. The first-order valence-electron chi connectivity index (χ1n) is 6.98. The van der Waals surface area contributed by atoms with Gasteiger partial charge in [0.2, 0.25) is 5.75 Å². The summed E-state index contributed by atoms with van der Waals surface area (Å²) in [5.74, 6) is 0.722. The fourth-order valence-corrected chi connectivity index (χ4v) is 2.30. The molecule has 0 atom stereocenters. The number of hydrogen-bond donors (Lipinski definition) is 0. The van der Waals surface area contributed by atoms with Crippen molar-refractivity contribution in [3.8, 4) is 23.0 Å². The van der Waals surface area contributed by atoms with Crippen LogP contribution >= 0.6 is 0 Å². The maximum absolute atomic E-state index is 12.5. The number of halogens is 3. The highest BCUT2D eigenvalue weighted by atomic mass is 19.4. The molecule has 1 aliphatic rings. The number of fused-ring (bicyclic) bond motifs is 1. The third-order valence-corrected chi connectivity index (χ3v) is 3.41. The van der Waals surface area contributed by atoms with E-state index in [1.807, 2.05) is 0 Å². The van der Waals surface area contributed by atoms with Gasteiger partial charge in [-0.1, -0.05) is 0 Å². The number of pyridine rings is 1. The lowest BCUT2D eigenvalue weighted by atomic mass is 10.0. The van der Waals surface area contributed by atoms with Crippen LogP contribution in [-0.2, 0) is 6.18 Å². The van der Waals surface area contributed by atoms with Crippen LogP contribution < -0.4 is 14.2 Å². The molecule has 1 aromatic carbocycles. The van der Waals surface area contributed by atoms with E-state index in [0.29, 0.717) is 5.56 Å². The predicted molar refractivity (Wildman–Crippen MR) is 76.7 cm³/mol. The quantitative estimate of drug-likeness (QED) is 0.850. The minimum atomic E-state index is -4.52. The van der Waals surface area contributed by atoms with E-state index < -0.39 is 11.9 Å². The van der Waals surface area contributed by atoms with Gasteiger partial charge in [0.05, 0.1) is 25.5 Å². The summed E-state index contributed by atoms with van der Waals surface area (Å²) in [4.78, 5) is 15.2. The van der Waals surface area contributed by atoms with Crippen LogP contribution in [0.3, 0.4) is 0 Å². The number of benzene rings is 1. The highest BCUT2D eigenvalue weighted by Gasteiger charge is 2.32. The highest BCUT2D eigenvalue weighted by molar-refractivity contribution is 6.00. The van der Waals surface area contributed by atoms with Gasteiger partial charge < -0.3 is 14.2 Å². The molecule has 1 aliphatic heterocycles. The molecular formula is C16H12F3NO4. The summed E-state index contributed by atoms with van der Waals surface area (Å²) in [5, 5.41) is 0. The van der Waals surface area contributed by atoms with Gasteiger partial charge in [0.15, 0.2) is 17.3 Å². The third-order valence-electron chi connectivity index (χ3n) is 3.41. The van der Waals surface area contributed by atoms with Crippen LogP contribution in [0.1, 0.15) is 22.5 Å². The van der Waals surface area contributed by atoms with Gasteiger partial charge in [-0.15, -0.1) is 0 Å². The molecule has 0 fully saturated rings. The molecule has 8 heteroatoms. The van der Waals surface area contributed by atoms with E-state index in [9.17, 15) is 18.0 Å². The fourth-order valence-electron chi connectivity index (χ4n) is 2.30. The largest absolute Gasteiger partial charge is 0.490 e. The van der Waals surface area contributed by atoms with Gasteiger partial charge in [-0.25, -0.2) is 4.98 Å². The number of ether oxygens (including phenoxy) is 3. The van der Waals surface area contributed by atoms with Crippen LogP contribution in [0, 0.1) is 0 Å². The molecular weight excluding hydrogens is 327 g/mol. The number of rotatable bonds is 3. The van der Waals surface area contributed by atoms with Crippen LogP contribution in [0.4, 0.5) is 13.2 Å². The zero-order valence-electron chi connectivity index (χ0n) is 12.5. The molecule has 0 N–H and O–H groups in total. The lowest BCUT2D eigenvalue weighted by Crippen LogP contribution is -2.16. The summed E-state index contributed by atoms with van der Waals surface area (Å²) in [7, 11) is 1.38. The molecule has 126 valence electrons. The summed E-state index contributed by atoms with van der Waals surface area (Å²) in [6.45, 7) is 0.230. The summed E-state index contributed by atoms with van der Waals surface area (Å²) in [6.07, 6.45) is -3.27. The van der Waals surface area contributed by atoms with Crippen LogP contribution in [0.2, 0.25) is 0 Å². The molecule has 2 heterocycles. The number of ketones is 1. The molecule has 0 saturated heterocycles. The van der Waals surface area contributed by atoms with E-state index in [1.165, 1.54) is 19.2 Å². The van der Waals surface area contributed by atoms with E-state index >= 15 is 0 Å². The standard InChI is InChI=1S/C16H12F3NO4/c1-22-15-12(4-3-10-11(21)6-7-23-14(10)15)24-9-2-5-13(20-8-9)16(17,18)19/h2-5,8H,6-7H2,1H3. The number of carbonyl (C=O) groups is 1. The maximum atomic E-state index is 12.5. The minimum Gasteiger partial charge on any atom is -0.490 e. The average Bonchev–Trinajstić information content (AvgIpc) is 2.54. The van der Waals surface area contributed by atoms with Crippen molar-refractivity contribution >= 4 is 5.78 Å². The molecule has 0 amide bonds. The molecule has 5 nitrogen and oxygen atoms in total. The van der Waals surface area contributed by atoms with Gasteiger partial charge in [-0.2, -0.15) is 13.2 Å². The van der Waals surface area contributed by atoms with Crippen molar-refractivity contribution in [2.24, 2.45) is 0 Å². The second kappa shape index (κ2) is 6.03. The number of nitrogens with zero attached hydrogens (tertiary/aromatic N) is 1. The lowest BCUT2D eigenvalue weighted by molar-refractivity contribution is -0.141. The van der Waals surface area contributed by atoms with E-state index in [2.05, 4.69) is 4.98 Å². The summed E-state index contributed by atoms with van der Waals surface area (Å²) in [6, 6.07) is 5.01. The van der Waals surface area contributed by atoms with Crippen LogP contribution in [0.15, 0.2) is 30.5 Å². The number of alkyl halides is 3. The topological polar surface area (TPSA) is 57.6 Å². The third kappa shape index (κ3) is 2.99. The van der Waals surface area contributed by atoms with Gasteiger partial charge in [-0.3, -0.25) is 4.79 Å². The summed E-state index contributed by atoms with van der Waals surface area (Å²) >= 11 is 0. The number of carbonyl (C=O) groups excluding carboxylic acids is 1. The first kappa shape index (κ1) is 16.1. The maximum Gasteiger partial charge on any atom is 0.433 e. The molecule has 0 spiro atoms. The van der Waals surface area contributed by atoms with Crippen LogP contribution in [-0.4, -0.2) is 24.5 Å². The number of Topliss-reactive ketones (excluding diaryl/α,β-unsaturated/α-hetero) is 1. The van der Waals surface area contributed by atoms with Crippen molar-refractivity contribution in [3.63, 3.8) is 0 Å². The lowest BCUT2D eigenvalue weighted by Gasteiger charge is -2.20. The first-order chi connectivity index (χ1) is 11.4. The Morgan fingerprint density at radius 1 is 1.21 bits per heavy atom. The Labute approximate surface area is 135 Å². The Balaban J connectivity index is 1.92. The first-order valence-corrected chi connectivity index (χ1v) is 6.98. The molecule has 0 radical (unpaired) electrons. The fraction of sp³-hybridized carbons (Fsp3) is 0.250. The van der Waals surface area contributed by atoms with Crippen LogP contribution in [0.25, 0.3) is 0 Å². The van der Waals surface area contributed by atoms with Gasteiger partial charge >= 0.3 is 6.18 Å². The van der Waals surface area contributed by atoms with Crippen molar-refractivity contribution in [2.75, 3.05) is 13.7 Å². The predicted octanol–water partition coefficient (Wildman–Crippen LogP) is 3.87. The Hall–Kier alpha value is -2.77. The molecule has 0 unspecified atom stereocenters. The Kier molecular flexibility index (Phi) is 4.04. The molecule has 24 heavy (non-hydrogen) atoms. The van der Waals surface area contributed by atoms with E-state index in [1.54, 1.807) is 0 Å². The molecule has 1 aromatic heterocycles. The second-order valence-corrected chi connectivity index (χ2v) is 4.97. The molecule has 0 aliphatic carbocycles. The number of aromatic nitrogens is 1. The van der Waals surface area contributed by atoms with E-state index in [4.69, 9.17) is 14.2 Å². The second-order valence-electron chi connectivity index (χ2n) is 4.97. The number of hydrogen-bond acceptors (Lipinski definition) is 5. The van der Waals surface area contributed by atoms with Crippen molar-refractivity contribution in [1.82, 2.24) is 4.98 Å². The zero-order valence-corrected chi connectivity index (χ0v) is 12.5. The van der Waals surface area contributed by atoms with E-state index in [-0.39, 0.29) is 41.8 Å². The molecule has 0 bridgehead atoms. The van der Waals surface area contributed by atoms with Crippen LogP contribution in [0.5, 0.6) is 23.0 Å². The normalized spacial score (nSPS) is 13.9. The minimum absolute atomic E-state index is 0.0719. The molecule has 0 saturated carbocycles. The van der Waals surface area contributed by atoms with Gasteiger partial charge in [0, 0.05) is 6.42 Å². The summed E-state index contributed by atoms with van der Waals surface area (Å²) in [5.41, 5.74) is -0.628. The molecule has 3 rings (SSSR count). The Morgan fingerprint density at radius 2 is 2.00 bits per heavy atom. The Morgan fingerprint density at radius 3 is 2.62 bits per heavy atom. The van der Waals surface area contributed by atoms with Crippen molar-refractivity contribution in [2.45, 2.75) is 12.6 Å². The van der Waals surface area contributed by atoms with Gasteiger partial charge in [-0.05, 0) is 24.3 Å². The average molecular weight is 339 g/mol. The van der Waals surface area contributed by atoms with E-state index in [0.717, 1.165) is 18.3 Å².